The highest BCUT2D eigenvalue weighted by Gasteiger charge is 2.39. The van der Waals surface area contributed by atoms with E-state index < -0.39 is 5.25 Å². The molecule has 1 aliphatic heterocycles. The largest absolute Gasteiger partial charge is 0.326 e. The molecule has 35 heavy (non-hydrogen) atoms. The summed E-state index contributed by atoms with van der Waals surface area (Å²) in [6.45, 7) is 2.41. The van der Waals surface area contributed by atoms with Gasteiger partial charge in [0.2, 0.25) is 11.8 Å². The molecule has 0 aliphatic carbocycles. The van der Waals surface area contributed by atoms with Crippen LogP contribution in [0, 0.1) is 6.92 Å². The van der Waals surface area contributed by atoms with Crippen LogP contribution in [0.3, 0.4) is 0 Å². The summed E-state index contributed by atoms with van der Waals surface area (Å²) in [7, 11) is 0. The van der Waals surface area contributed by atoms with Crippen LogP contribution < -0.4 is 5.32 Å². The van der Waals surface area contributed by atoms with E-state index in [2.05, 4.69) is 5.32 Å². The topological polar surface area (TPSA) is 61.8 Å². The second-order valence-corrected chi connectivity index (χ2v) is 9.68. The minimum Gasteiger partial charge on any atom is -0.326 e. The average Bonchev–Trinajstić information content (AvgIpc) is 3.14. The van der Waals surface area contributed by atoms with Crippen molar-refractivity contribution >= 4 is 50.9 Å². The number of hydrogen-bond acceptors (Lipinski definition) is 4. The highest BCUT2D eigenvalue weighted by Crippen LogP contribution is 2.34. The monoisotopic (exact) mass is 479 g/mol. The first-order chi connectivity index (χ1) is 17.1. The Morgan fingerprint density at radius 1 is 0.914 bits per heavy atom. The number of carbonyl (C=O) groups excluding carboxylic acids is 2. The Balaban J connectivity index is 1.35. The molecule has 1 fully saturated rings. The summed E-state index contributed by atoms with van der Waals surface area (Å²) in [6.07, 6.45) is 0.0778. The Labute approximate surface area is 208 Å². The molecule has 1 unspecified atom stereocenters. The van der Waals surface area contributed by atoms with E-state index in [1.807, 2.05) is 104 Å². The van der Waals surface area contributed by atoms with Crippen molar-refractivity contribution in [2.24, 2.45) is 4.99 Å². The third kappa shape index (κ3) is 5.28. The molecule has 1 heterocycles. The molecule has 0 bridgehead atoms. The van der Waals surface area contributed by atoms with Gasteiger partial charge in [0.05, 0.1) is 12.2 Å². The highest BCUT2D eigenvalue weighted by atomic mass is 32.2. The van der Waals surface area contributed by atoms with Crippen LogP contribution in [0.1, 0.15) is 17.5 Å². The Bertz CT molecular complexity index is 1420. The minimum atomic E-state index is -0.526. The molecule has 0 spiro atoms. The van der Waals surface area contributed by atoms with Crippen molar-refractivity contribution in [1.82, 2.24) is 4.90 Å². The summed E-state index contributed by atoms with van der Waals surface area (Å²) in [4.78, 5) is 32.8. The fraction of sp³-hybridized carbons (Fsp3) is 0.138. The summed E-state index contributed by atoms with van der Waals surface area (Å²) < 4.78 is 0. The van der Waals surface area contributed by atoms with Crippen molar-refractivity contribution in [3.05, 3.63) is 108 Å². The third-order valence-corrected chi connectivity index (χ3v) is 7.11. The summed E-state index contributed by atoms with van der Waals surface area (Å²) in [6, 6.07) is 31.5. The van der Waals surface area contributed by atoms with Gasteiger partial charge in [-0.15, -0.1) is 0 Å². The summed E-state index contributed by atoms with van der Waals surface area (Å²) in [5.41, 5.74) is 3.59. The van der Waals surface area contributed by atoms with Gasteiger partial charge in [0.15, 0.2) is 5.17 Å². The maximum Gasteiger partial charge on any atom is 0.242 e. The smallest absolute Gasteiger partial charge is 0.242 e. The van der Waals surface area contributed by atoms with Crippen LogP contribution in [0.15, 0.2) is 102 Å². The second kappa shape index (κ2) is 10.2. The van der Waals surface area contributed by atoms with Gasteiger partial charge in [-0.05, 0) is 47.0 Å². The molecular weight excluding hydrogens is 454 g/mol. The van der Waals surface area contributed by atoms with Crippen LogP contribution in [0.2, 0.25) is 0 Å². The highest BCUT2D eigenvalue weighted by molar-refractivity contribution is 8.15. The number of amides is 2. The number of amidine groups is 1. The number of para-hydroxylation sites is 1. The Kier molecular flexibility index (Phi) is 6.64. The zero-order chi connectivity index (χ0) is 24.2. The summed E-state index contributed by atoms with van der Waals surface area (Å²) in [5, 5.41) is 5.22. The predicted molar refractivity (Wildman–Crippen MR) is 144 cm³/mol. The second-order valence-electron chi connectivity index (χ2n) is 8.51. The molecule has 1 atom stereocenters. The molecule has 5 nitrogen and oxygen atoms in total. The number of fused-ring (bicyclic) bond motifs is 1. The molecule has 174 valence electrons. The van der Waals surface area contributed by atoms with Crippen LogP contribution in [0.5, 0.6) is 0 Å². The van der Waals surface area contributed by atoms with Crippen LogP contribution in [-0.4, -0.2) is 27.1 Å². The lowest BCUT2D eigenvalue weighted by atomic mass is 10.1. The van der Waals surface area contributed by atoms with Crippen molar-refractivity contribution in [3.63, 3.8) is 0 Å². The van der Waals surface area contributed by atoms with Crippen LogP contribution in [0.25, 0.3) is 10.8 Å². The van der Waals surface area contributed by atoms with Gasteiger partial charge in [-0.2, -0.15) is 0 Å². The van der Waals surface area contributed by atoms with E-state index in [0.717, 1.165) is 33.3 Å². The zero-order valence-electron chi connectivity index (χ0n) is 19.3. The molecule has 5 rings (SSSR count). The van der Waals surface area contributed by atoms with Crippen molar-refractivity contribution in [2.45, 2.75) is 25.1 Å². The Morgan fingerprint density at radius 2 is 1.63 bits per heavy atom. The lowest BCUT2D eigenvalue weighted by Crippen LogP contribution is -2.33. The molecule has 0 saturated carbocycles. The third-order valence-electron chi connectivity index (χ3n) is 5.94. The molecule has 4 aromatic carbocycles. The minimum absolute atomic E-state index is 0.0778. The Hall–Kier alpha value is -3.90. The number of rotatable bonds is 6. The van der Waals surface area contributed by atoms with E-state index in [0.29, 0.717) is 11.7 Å². The van der Waals surface area contributed by atoms with E-state index in [1.54, 1.807) is 4.90 Å². The molecular formula is C29H25N3O2S. The van der Waals surface area contributed by atoms with E-state index in [1.165, 1.54) is 11.8 Å². The molecule has 0 aromatic heterocycles. The van der Waals surface area contributed by atoms with Gasteiger partial charge in [0.1, 0.15) is 5.25 Å². The zero-order valence-corrected chi connectivity index (χ0v) is 20.2. The number of benzene rings is 4. The maximum atomic E-state index is 13.4. The SMILES string of the molecule is Cc1ccccc1N=C1SC(CC(=O)Nc2ccc3ccccc3c2)C(=O)N1Cc1ccccc1. The van der Waals surface area contributed by atoms with Gasteiger partial charge in [0, 0.05) is 12.1 Å². The van der Waals surface area contributed by atoms with Crippen LogP contribution in [0.4, 0.5) is 11.4 Å². The number of nitrogens with one attached hydrogen (secondary N) is 1. The van der Waals surface area contributed by atoms with Gasteiger partial charge < -0.3 is 5.32 Å². The average molecular weight is 480 g/mol. The fourth-order valence-electron chi connectivity index (χ4n) is 4.08. The lowest BCUT2D eigenvalue weighted by Gasteiger charge is -2.17. The van der Waals surface area contributed by atoms with Crippen molar-refractivity contribution in [1.29, 1.82) is 0 Å². The summed E-state index contributed by atoms with van der Waals surface area (Å²) in [5.74, 6) is -0.289. The first-order valence-corrected chi connectivity index (χ1v) is 12.4. The molecule has 4 aromatic rings. The van der Waals surface area contributed by atoms with E-state index >= 15 is 0 Å². The molecule has 1 aliphatic rings. The number of nitrogens with zero attached hydrogens (tertiary/aromatic N) is 2. The van der Waals surface area contributed by atoms with E-state index in [-0.39, 0.29) is 18.2 Å². The molecule has 0 radical (unpaired) electrons. The van der Waals surface area contributed by atoms with Crippen molar-refractivity contribution in [3.8, 4) is 0 Å². The molecule has 6 heteroatoms. The van der Waals surface area contributed by atoms with Gasteiger partial charge in [-0.25, -0.2) is 4.99 Å². The van der Waals surface area contributed by atoms with Crippen molar-refractivity contribution in [2.75, 3.05) is 5.32 Å². The predicted octanol–water partition coefficient (Wildman–Crippen LogP) is 6.31. The maximum absolute atomic E-state index is 13.4. The van der Waals surface area contributed by atoms with Gasteiger partial charge in [-0.1, -0.05) is 90.6 Å². The lowest BCUT2D eigenvalue weighted by molar-refractivity contribution is -0.128. The molecule has 1 N–H and O–H groups in total. The number of thioether (sulfide) groups is 1. The quantitative estimate of drug-likeness (QED) is 0.353. The summed E-state index contributed by atoms with van der Waals surface area (Å²) >= 11 is 1.36. The fourth-order valence-corrected chi connectivity index (χ4v) is 5.23. The van der Waals surface area contributed by atoms with Crippen LogP contribution >= 0.6 is 11.8 Å². The standard InChI is InChI=1S/C29H25N3O2S/c1-20-9-5-8-14-25(20)31-29-32(19-21-10-3-2-4-11-21)28(34)26(35-29)18-27(33)30-24-16-15-22-12-6-7-13-23(22)17-24/h2-17,26H,18-19H2,1H3,(H,30,33). The van der Waals surface area contributed by atoms with Crippen molar-refractivity contribution < 1.29 is 9.59 Å². The molecule has 2 amide bonds. The Morgan fingerprint density at radius 3 is 2.43 bits per heavy atom. The van der Waals surface area contributed by atoms with E-state index in [9.17, 15) is 9.59 Å². The van der Waals surface area contributed by atoms with Gasteiger partial charge >= 0.3 is 0 Å². The molecule has 1 saturated heterocycles. The van der Waals surface area contributed by atoms with E-state index in [4.69, 9.17) is 4.99 Å². The van der Waals surface area contributed by atoms with Gasteiger partial charge in [0.25, 0.3) is 0 Å². The van der Waals surface area contributed by atoms with Crippen LogP contribution in [-0.2, 0) is 16.1 Å². The number of hydrogen-bond donors (Lipinski definition) is 1. The van der Waals surface area contributed by atoms with Gasteiger partial charge in [-0.3, -0.25) is 14.5 Å². The normalized spacial score (nSPS) is 16.7. The number of anilines is 1. The first kappa shape index (κ1) is 22.9. The number of aryl methyl sites for hydroxylation is 1. The first-order valence-electron chi connectivity index (χ1n) is 11.5. The number of carbonyl (C=O) groups is 2. The number of aliphatic imine (C=N–C) groups is 1.